The van der Waals surface area contributed by atoms with E-state index >= 15 is 0 Å². The largest absolute Gasteiger partial charge is 0.300 e. The summed E-state index contributed by atoms with van der Waals surface area (Å²) in [4.78, 5) is 0. The zero-order chi connectivity index (χ0) is 11.7. The summed E-state index contributed by atoms with van der Waals surface area (Å²) < 4.78 is 2.84. The first kappa shape index (κ1) is 10.7. The third-order valence-corrected chi connectivity index (χ3v) is 3.56. The molecule has 0 radical (unpaired) electrons. The number of aromatic nitrogens is 3. The van der Waals surface area contributed by atoms with Crippen LogP contribution in [0.1, 0.15) is 19.3 Å². The maximum absolute atomic E-state index is 5.29. The fourth-order valence-electron chi connectivity index (χ4n) is 2.05. The van der Waals surface area contributed by atoms with E-state index in [9.17, 15) is 0 Å². The lowest BCUT2D eigenvalue weighted by Crippen LogP contribution is -2.01. The van der Waals surface area contributed by atoms with Gasteiger partial charge in [0.25, 0.3) is 0 Å². The molecule has 1 aliphatic carbocycles. The minimum Gasteiger partial charge on any atom is -0.300 e. The van der Waals surface area contributed by atoms with Crippen molar-refractivity contribution in [1.82, 2.24) is 14.8 Å². The van der Waals surface area contributed by atoms with Gasteiger partial charge in [-0.15, -0.1) is 0 Å². The van der Waals surface area contributed by atoms with E-state index in [0.29, 0.717) is 0 Å². The lowest BCUT2D eigenvalue weighted by Gasteiger charge is -2.05. The molecule has 1 aromatic carbocycles. The molecule has 1 heterocycles. The average Bonchev–Trinajstić information content (AvgIpc) is 3.12. The molecule has 0 aliphatic heterocycles. The van der Waals surface area contributed by atoms with Crippen molar-refractivity contribution in [2.75, 3.05) is 0 Å². The van der Waals surface area contributed by atoms with Crippen molar-refractivity contribution in [3.63, 3.8) is 0 Å². The summed E-state index contributed by atoms with van der Waals surface area (Å²) in [7, 11) is 0. The normalized spacial score (nSPS) is 15.1. The van der Waals surface area contributed by atoms with Crippen molar-refractivity contribution in [2.45, 2.75) is 25.8 Å². The summed E-state index contributed by atoms with van der Waals surface area (Å²) in [5, 5.41) is 7.23. The van der Waals surface area contributed by atoms with Gasteiger partial charge in [0.1, 0.15) is 0 Å². The van der Waals surface area contributed by atoms with Gasteiger partial charge in [-0.1, -0.05) is 43.2 Å². The highest BCUT2D eigenvalue weighted by Gasteiger charge is 2.21. The standard InChI is InChI=1S/C13H15N3S/c17-13-15-14-12(11-4-2-1-3-5-11)16(13)9-8-10-6-7-10/h1-5,10H,6-9H2,(H,15,17). The molecule has 0 atom stereocenters. The topological polar surface area (TPSA) is 33.6 Å². The van der Waals surface area contributed by atoms with Gasteiger partial charge in [0.2, 0.25) is 0 Å². The van der Waals surface area contributed by atoms with Gasteiger partial charge in [-0.2, -0.15) is 5.10 Å². The Morgan fingerprint density at radius 1 is 1.29 bits per heavy atom. The highest BCUT2D eigenvalue weighted by Crippen LogP contribution is 2.33. The lowest BCUT2D eigenvalue weighted by molar-refractivity contribution is 0.594. The first-order valence-corrected chi connectivity index (χ1v) is 6.46. The molecule has 1 aromatic heterocycles. The van der Waals surface area contributed by atoms with Crippen molar-refractivity contribution >= 4 is 12.2 Å². The molecule has 0 unspecified atom stereocenters. The molecule has 1 saturated carbocycles. The molecule has 1 fully saturated rings. The molecule has 3 nitrogen and oxygen atoms in total. The summed E-state index contributed by atoms with van der Waals surface area (Å²) in [5.74, 6) is 1.87. The SMILES string of the molecule is S=c1[nH]nc(-c2ccccc2)n1CCC1CC1. The molecule has 88 valence electrons. The van der Waals surface area contributed by atoms with E-state index in [2.05, 4.69) is 26.9 Å². The molecule has 3 rings (SSSR count). The molecule has 4 heteroatoms. The fourth-order valence-corrected chi connectivity index (χ4v) is 2.27. The third kappa shape index (κ3) is 2.31. The molecule has 2 aromatic rings. The maximum atomic E-state index is 5.29. The molecule has 0 saturated heterocycles. The van der Waals surface area contributed by atoms with Gasteiger partial charge in [0, 0.05) is 12.1 Å². The summed E-state index contributed by atoms with van der Waals surface area (Å²) in [6.07, 6.45) is 3.98. The Bertz CT molecular complexity index is 552. The van der Waals surface area contributed by atoms with Crippen LogP contribution in [0.25, 0.3) is 11.4 Å². The van der Waals surface area contributed by atoms with Crippen LogP contribution in [0.3, 0.4) is 0 Å². The zero-order valence-electron chi connectivity index (χ0n) is 9.60. The molecule has 1 N–H and O–H groups in total. The van der Waals surface area contributed by atoms with Gasteiger partial charge in [0.05, 0.1) is 0 Å². The maximum Gasteiger partial charge on any atom is 0.195 e. The quantitative estimate of drug-likeness (QED) is 0.837. The Morgan fingerprint density at radius 3 is 2.76 bits per heavy atom. The number of benzene rings is 1. The van der Waals surface area contributed by atoms with E-state index in [0.717, 1.165) is 28.6 Å². The van der Waals surface area contributed by atoms with Crippen molar-refractivity contribution in [1.29, 1.82) is 0 Å². The Labute approximate surface area is 105 Å². The van der Waals surface area contributed by atoms with Crippen LogP contribution in [0.2, 0.25) is 0 Å². The second kappa shape index (κ2) is 4.45. The van der Waals surface area contributed by atoms with Crippen LogP contribution in [0, 0.1) is 10.7 Å². The fraction of sp³-hybridized carbons (Fsp3) is 0.385. The first-order valence-electron chi connectivity index (χ1n) is 6.05. The van der Waals surface area contributed by atoms with Crippen LogP contribution in [0.4, 0.5) is 0 Å². The van der Waals surface area contributed by atoms with Gasteiger partial charge in [0.15, 0.2) is 10.6 Å². The van der Waals surface area contributed by atoms with E-state index < -0.39 is 0 Å². The van der Waals surface area contributed by atoms with Gasteiger partial charge < -0.3 is 4.57 Å². The van der Waals surface area contributed by atoms with Crippen LogP contribution < -0.4 is 0 Å². The Kier molecular flexibility index (Phi) is 2.81. The summed E-state index contributed by atoms with van der Waals surface area (Å²) in [6.45, 7) is 0.976. The van der Waals surface area contributed by atoms with Crippen molar-refractivity contribution in [2.24, 2.45) is 5.92 Å². The molecule has 0 amide bonds. The van der Waals surface area contributed by atoms with Gasteiger partial charge >= 0.3 is 0 Å². The highest BCUT2D eigenvalue weighted by atomic mass is 32.1. The number of aromatic amines is 1. The van der Waals surface area contributed by atoms with Gasteiger partial charge in [-0.3, -0.25) is 5.10 Å². The monoisotopic (exact) mass is 245 g/mol. The van der Waals surface area contributed by atoms with Crippen molar-refractivity contribution < 1.29 is 0 Å². The molecule has 1 aliphatic rings. The van der Waals surface area contributed by atoms with Gasteiger partial charge in [-0.25, -0.2) is 0 Å². The summed E-state index contributed by atoms with van der Waals surface area (Å²) in [6, 6.07) is 10.2. The summed E-state index contributed by atoms with van der Waals surface area (Å²) >= 11 is 5.29. The lowest BCUT2D eigenvalue weighted by atomic mass is 10.2. The Balaban J connectivity index is 1.91. The molecular weight excluding hydrogens is 230 g/mol. The van der Waals surface area contributed by atoms with Crippen LogP contribution in [-0.4, -0.2) is 14.8 Å². The van der Waals surface area contributed by atoms with Gasteiger partial charge in [-0.05, 0) is 24.6 Å². The second-order valence-corrected chi connectivity index (χ2v) is 4.99. The van der Waals surface area contributed by atoms with Crippen LogP contribution >= 0.6 is 12.2 Å². The smallest absolute Gasteiger partial charge is 0.195 e. The van der Waals surface area contributed by atoms with Crippen molar-refractivity contribution in [3.8, 4) is 11.4 Å². The molecular formula is C13H15N3S. The first-order chi connectivity index (χ1) is 8.34. The van der Waals surface area contributed by atoms with E-state index in [1.165, 1.54) is 19.3 Å². The van der Waals surface area contributed by atoms with Crippen LogP contribution in [-0.2, 0) is 6.54 Å². The predicted octanol–water partition coefficient (Wildman–Crippen LogP) is 3.41. The number of hydrogen-bond acceptors (Lipinski definition) is 2. The summed E-state index contributed by atoms with van der Waals surface area (Å²) in [5.41, 5.74) is 1.12. The Hall–Kier alpha value is -1.42. The van der Waals surface area contributed by atoms with Crippen molar-refractivity contribution in [3.05, 3.63) is 35.1 Å². The third-order valence-electron chi connectivity index (χ3n) is 3.25. The average molecular weight is 245 g/mol. The van der Waals surface area contributed by atoms with E-state index in [4.69, 9.17) is 12.2 Å². The van der Waals surface area contributed by atoms with Crippen LogP contribution in [0.15, 0.2) is 30.3 Å². The number of nitrogens with one attached hydrogen (secondary N) is 1. The number of nitrogens with zero attached hydrogens (tertiary/aromatic N) is 2. The Morgan fingerprint density at radius 2 is 2.06 bits per heavy atom. The number of H-pyrrole nitrogens is 1. The van der Waals surface area contributed by atoms with E-state index in [1.807, 2.05) is 18.2 Å². The predicted molar refractivity (Wildman–Crippen MR) is 70.2 cm³/mol. The number of hydrogen-bond donors (Lipinski definition) is 1. The zero-order valence-corrected chi connectivity index (χ0v) is 10.4. The minimum atomic E-state index is 0.726. The second-order valence-electron chi connectivity index (χ2n) is 4.60. The molecule has 0 spiro atoms. The van der Waals surface area contributed by atoms with E-state index in [-0.39, 0.29) is 0 Å². The number of rotatable bonds is 4. The molecule has 17 heavy (non-hydrogen) atoms. The minimum absolute atomic E-state index is 0.726. The van der Waals surface area contributed by atoms with Crippen LogP contribution in [0.5, 0.6) is 0 Å². The highest BCUT2D eigenvalue weighted by molar-refractivity contribution is 7.71. The molecule has 0 bridgehead atoms. The van der Waals surface area contributed by atoms with E-state index in [1.54, 1.807) is 0 Å².